The van der Waals surface area contributed by atoms with Crippen molar-refractivity contribution in [2.45, 2.75) is 26.0 Å². The van der Waals surface area contributed by atoms with Crippen LogP contribution in [0.1, 0.15) is 24.3 Å². The molecule has 1 aromatic heterocycles. The van der Waals surface area contributed by atoms with Crippen LogP contribution in [-0.2, 0) is 4.74 Å². The Morgan fingerprint density at radius 1 is 1.62 bits per heavy atom. The smallest absolute Gasteiger partial charge is 0.192 e. The first-order valence-corrected chi connectivity index (χ1v) is 5.69. The van der Waals surface area contributed by atoms with Gasteiger partial charge < -0.3 is 9.72 Å². The SMILES string of the molecule is CC1CN(CC(=O)c2ccc[nH]2)C(C)CO1. The number of ether oxygens (including phenoxy) is 1. The number of hydrogen-bond acceptors (Lipinski definition) is 3. The van der Waals surface area contributed by atoms with Crippen LogP contribution in [0.2, 0.25) is 0 Å². The van der Waals surface area contributed by atoms with Crippen molar-refractivity contribution < 1.29 is 9.53 Å². The number of H-pyrrole nitrogens is 1. The molecule has 0 aliphatic carbocycles. The highest BCUT2D eigenvalue weighted by molar-refractivity contribution is 5.95. The molecule has 1 aromatic rings. The zero-order chi connectivity index (χ0) is 11.5. The molecule has 1 aliphatic heterocycles. The molecule has 0 saturated carbocycles. The second kappa shape index (κ2) is 4.80. The lowest BCUT2D eigenvalue weighted by molar-refractivity contribution is -0.0460. The van der Waals surface area contributed by atoms with Crippen molar-refractivity contribution >= 4 is 5.78 Å². The second-order valence-corrected chi connectivity index (χ2v) is 4.43. The summed E-state index contributed by atoms with van der Waals surface area (Å²) in [6, 6.07) is 3.98. The molecule has 88 valence electrons. The summed E-state index contributed by atoms with van der Waals surface area (Å²) >= 11 is 0. The lowest BCUT2D eigenvalue weighted by Crippen LogP contribution is -2.49. The maximum Gasteiger partial charge on any atom is 0.192 e. The van der Waals surface area contributed by atoms with E-state index in [2.05, 4.69) is 16.8 Å². The summed E-state index contributed by atoms with van der Waals surface area (Å²) < 4.78 is 5.53. The molecule has 0 bridgehead atoms. The Morgan fingerprint density at radius 2 is 2.44 bits per heavy atom. The van der Waals surface area contributed by atoms with Gasteiger partial charge in [-0.25, -0.2) is 0 Å². The van der Waals surface area contributed by atoms with Gasteiger partial charge in [-0.3, -0.25) is 9.69 Å². The van der Waals surface area contributed by atoms with E-state index in [1.54, 1.807) is 6.20 Å². The van der Waals surface area contributed by atoms with Gasteiger partial charge in [-0.1, -0.05) is 0 Å². The molecule has 4 nitrogen and oxygen atoms in total. The fourth-order valence-electron chi connectivity index (χ4n) is 1.97. The summed E-state index contributed by atoms with van der Waals surface area (Å²) in [4.78, 5) is 17.0. The van der Waals surface area contributed by atoms with Crippen LogP contribution in [0.3, 0.4) is 0 Å². The Balaban J connectivity index is 1.95. The Bertz CT molecular complexity index is 348. The normalized spacial score (nSPS) is 26.9. The molecule has 2 unspecified atom stereocenters. The minimum Gasteiger partial charge on any atom is -0.376 e. The van der Waals surface area contributed by atoms with Crippen LogP contribution in [0.5, 0.6) is 0 Å². The van der Waals surface area contributed by atoms with Gasteiger partial charge in [0, 0.05) is 18.8 Å². The number of carbonyl (C=O) groups is 1. The van der Waals surface area contributed by atoms with Crippen molar-refractivity contribution in [3.8, 4) is 0 Å². The van der Waals surface area contributed by atoms with Crippen LogP contribution in [0.25, 0.3) is 0 Å². The second-order valence-electron chi connectivity index (χ2n) is 4.43. The van der Waals surface area contributed by atoms with E-state index in [-0.39, 0.29) is 11.9 Å². The molecule has 2 heterocycles. The van der Waals surface area contributed by atoms with E-state index in [0.29, 0.717) is 24.9 Å². The number of morpholine rings is 1. The molecule has 0 radical (unpaired) electrons. The Morgan fingerprint density at radius 3 is 3.12 bits per heavy atom. The zero-order valence-electron chi connectivity index (χ0n) is 9.77. The molecule has 2 rings (SSSR count). The number of Topliss-reactive ketones (excluding diaryl/α,β-unsaturated/α-hetero) is 1. The number of nitrogens with zero attached hydrogens (tertiary/aromatic N) is 1. The van der Waals surface area contributed by atoms with Gasteiger partial charge >= 0.3 is 0 Å². The van der Waals surface area contributed by atoms with Gasteiger partial charge in [0.05, 0.1) is 24.9 Å². The number of nitrogens with one attached hydrogen (secondary N) is 1. The van der Waals surface area contributed by atoms with Crippen LogP contribution in [-0.4, -0.2) is 47.5 Å². The molecule has 0 spiro atoms. The maximum absolute atomic E-state index is 11.9. The van der Waals surface area contributed by atoms with Gasteiger partial charge in [0.2, 0.25) is 0 Å². The van der Waals surface area contributed by atoms with E-state index >= 15 is 0 Å². The lowest BCUT2D eigenvalue weighted by atomic mass is 10.1. The molecule has 16 heavy (non-hydrogen) atoms. The van der Waals surface area contributed by atoms with Crippen molar-refractivity contribution in [1.29, 1.82) is 0 Å². The van der Waals surface area contributed by atoms with Gasteiger partial charge in [-0.05, 0) is 26.0 Å². The average Bonchev–Trinajstić information content (AvgIpc) is 2.76. The first kappa shape index (κ1) is 11.4. The third-order valence-electron chi connectivity index (χ3n) is 2.98. The van der Waals surface area contributed by atoms with Crippen molar-refractivity contribution in [3.63, 3.8) is 0 Å². The molecule has 1 saturated heterocycles. The molecule has 2 atom stereocenters. The predicted molar refractivity (Wildman–Crippen MR) is 61.6 cm³/mol. The van der Waals surface area contributed by atoms with Gasteiger partial charge in [0.15, 0.2) is 5.78 Å². The minimum atomic E-state index is 0.144. The van der Waals surface area contributed by atoms with Crippen molar-refractivity contribution in [1.82, 2.24) is 9.88 Å². The highest BCUT2D eigenvalue weighted by Gasteiger charge is 2.25. The fourth-order valence-corrected chi connectivity index (χ4v) is 1.97. The highest BCUT2D eigenvalue weighted by atomic mass is 16.5. The van der Waals surface area contributed by atoms with E-state index in [1.807, 2.05) is 19.1 Å². The number of aromatic amines is 1. The molecule has 0 amide bonds. The maximum atomic E-state index is 11.9. The third-order valence-corrected chi connectivity index (χ3v) is 2.98. The molecule has 1 aliphatic rings. The first-order valence-electron chi connectivity index (χ1n) is 5.69. The number of rotatable bonds is 3. The summed E-state index contributed by atoms with van der Waals surface area (Å²) in [5.41, 5.74) is 0.686. The van der Waals surface area contributed by atoms with Crippen LogP contribution < -0.4 is 0 Å². The monoisotopic (exact) mass is 222 g/mol. The first-order chi connectivity index (χ1) is 7.66. The zero-order valence-corrected chi connectivity index (χ0v) is 9.77. The standard InChI is InChI=1S/C12H18N2O2/c1-9-8-16-10(2)6-14(9)7-12(15)11-4-3-5-13-11/h3-5,9-10,13H,6-8H2,1-2H3. The number of ketones is 1. The van der Waals surface area contributed by atoms with E-state index in [4.69, 9.17) is 4.74 Å². The lowest BCUT2D eigenvalue weighted by Gasteiger charge is -2.36. The van der Waals surface area contributed by atoms with Crippen molar-refractivity contribution in [2.24, 2.45) is 0 Å². The number of carbonyl (C=O) groups excluding carboxylic acids is 1. The topological polar surface area (TPSA) is 45.3 Å². The Hall–Kier alpha value is -1.13. The van der Waals surface area contributed by atoms with Crippen LogP contribution in [0.4, 0.5) is 0 Å². The van der Waals surface area contributed by atoms with Crippen LogP contribution in [0, 0.1) is 0 Å². The van der Waals surface area contributed by atoms with E-state index < -0.39 is 0 Å². The largest absolute Gasteiger partial charge is 0.376 e. The molecule has 4 heteroatoms. The fraction of sp³-hybridized carbons (Fsp3) is 0.583. The Kier molecular flexibility index (Phi) is 3.41. The summed E-state index contributed by atoms with van der Waals surface area (Å²) in [7, 11) is 0. The summed E-state index contributed by atoms with van der Waals surface area (Å²) in [6.45, 7) is 6.13. The highest BCUT2D eigenvalue weighted by Crippen LogP contribution is 2.12. The van der Waals surface area contributed by atoms with Crippen molar-refractivity contribution in [3.05, 3.63) is 24.0 Å². The number of hydrogen-bond donors (Lipinski definition) is 1. The molecular weight excluding hydrogens is 204 g/mol. The van der Waals surface area contributed by atoms with Gasteiger partial charge in [0.1, 0.15) is 0 Å². The summed E-state index contributed by atoms with van der Waals surface area (Å²) in [5, 5.41) is 0. The van der Waals surface area contributed by atoms with Crippen LogP contribution in [0.15, 0.2) is 18.3 Å². The van der Waals surface area contributed by atoms with Gasteiger partial charge in [0.25, 0.3) is 0 Å². The predicted octanol–water partition coefficient (Wildman–Crippen LogP) is 1.31. The molecule has 0 aromatic carbocycles. The average molecular weight is 222 g/mol. The van der Waals surface area contributed by atoms with Crippen LogP contribution >= 0.6 is 0 Å². The van der Waals surface area contributed by atoms with Gasteiger partial charge in [-0.15, -0.1) is 0 Å². The van der Waals surface area contributed by atoms with Gasteiger partial charge in [-0.2, -0.15) is 0 Å². The van der Waals surface area contributed by atoms with E-state index in [0.717, 1.165) is 6.54 Å². The van der Waals surface area contributed by atoms with Crippen molar-refractivity contribution in [2.75, 3.05) is 19.7 Å². The third kappa shape index (κ3) is 2.51. The molecule has 1 N–H and O–H groups in total. The van der Waals surface area contributed by atoms with E-state index in [9.17, 15) is 4.79 Å². The Labute approximate surface area is 95.6 Å². The number of aromatic nitrogens is 1. The van der Waals surface area contributed by atoms with E-state index in [1.165, 1.54) is 0 Å². The minimum absolute atomic E-state index is 0.144. The summed E-state index contributed by atoms with van der Waals surface area (Å²) in [6.07, 6.45) is 1.99. The quantitative estimate of drug-likeness (QED) is 0.784. The molecular formula is C12H18N2O2. The summed E-state index contributed by atoms with van der Waals surface area (Å²) in [5.74, 6) is 0.144. The molecule has 1 fully saturated rings.